The molecule has 0 amide bonds. The van der Waals surface area contributed by atoms with Crippen LogP contribution in [0.15, 0.2) is 0 Å². The molecule has 0 saturated heterocycles. The van der Waals surface area contributed by atoms with E-state index in [0.717, 1.165) is 25.8 Å². The fourth-order valence-electron chi connectivity index (χ4n) is 0.670. The third-order valence-electron chi connectivity index (χ3n) is 1.17. The van der Waals surface area contributed by atoms with Crippen molar-refractivity contribution in [3.05, 3.63) is 0 Å². The van der Waals surface area contributed by atoms with Crippen molar-refractivity contribution in [1.29, 1.82) is 0 Å². The zero-order chi connectivity index (χ0) is 7.11. The van der Waals surface area contributed by atoms with Crippen LogP contribution in [0.2, 0.25) is 0 Å². The van der Waals surface area contributed by atoms with Gasteiger partial charge in [0.05, 0.1) is 0 Å². The Kier molecular flexibility index (Phi) is 5.99. The first kappa shape index (κ1) is 8.92. The molecule has 1 radical (unpaired) electrons. The molecule has 0 aliphatic heterocycles. The van der Waals surface area contributed by atoms with Gasteiger partial charge in [-0.05, 0) is 19.4 Å². The Morgan fingerprint density at radius 2 is 2.00 bits per heavy atom. The number of nitrogens with one attached hydrogen (secondary N) is 1. The van der Waals surface area contributed by atoms with Gasteiger partial charge in [-0.2, -0.15) is 0 Å². The second kappa shape index (κ2) is 6.05. The van der Waals surface area contributed by atoms with Gasteiger partial charge in [-0.15, -0.1) is 0 Å². The zero-order valence-corrected chi connectivity index (χ0v) is 6.31. The van der Waals surface area contributed by atoms with Crippen LogP contribution in [0.4, 0.5) is 0 Å². The quantitative estimate of drug-likeness (QED) is 0.562. The van der Waals surface area contributed by atoms with E-state index < -0.39 is 6.23 Å². The summed E-state index contributed by atoms with van der Waals surface area (Å²) in [5.41, 5.74) is 0. The van der Waals surface area contributed by atoms with Gasteiger partial charge >= 0.3 is 0 Å². The van der Waals surface area contributed by atoms with Crippen LogP contribution in [0.3, 0.4) is 0 Å². The van der Waals surface area contributed by atoms with Crippen LogP contribution in [0.25, 0.3) is 0 Å². The van der Waals surface area contributed by atoms with E-state index in [1.807, 2.05) is 6.92 Å². The number of hydrogen-bond donors (Lipinski definition) is 1. The molecule has 0 aliphatic carbocycles. The minimum atomic E-state index is -0.532. The summed E-state index contributed by atoms with van der Waals surface area (Å²) >= 11 is 0. The molecule has 0 fully saturated rings. The molecule has 0 aromatic rings. The lowest BCUT2D eigenvalue weighted by Gasteiger charge is -2.06. The molecule has 1 unspecified atom stereocenters. The first-order chi connectivity index (χ1) is 4.31. The van der Waals surface area contributed by atoms with Crippen molar-refractivity contribution in [2.75, 3.05) is 6.54 Å². The van der Waals surface area contributed by atoms with Crippen LogP contribution < -0.4 is 5.32 Å². The van der Waals surface area contributed by atoms with E-state index in [2.05, 4.69) is 12.2 Å². The van der Waals surface area contributed by atoms with Crippen molar-refractivity contribution in [2.45, 2.75) is 39.3 Å². The van der Waals surface area contributed by atoms with Gasteiger partial charge in [-0.1, -0.05) is 20.3 Å². The van der Waals surface area contributed by atoms with Crippen LogP contribution in [0.5, 0.6) is 0 Å². The molecule has 55 valence electrons. The molecule has 0 aliphatic rings. The number of hydrogen-bond acceptors (Lipinski definition) is 1. The van der Waals surface area contributed by atoms with Crippen molar-refractivity contribution in [3.63, 3.8) is 0 Å². The van der Waals surface area contributed by atoms with Gasteiger partial charge in [0.1, 0.15) is 6.23 Å². The van der Waals surface area contributed by atoms with Crippen molar-refractivity contribution < 1.29 is 5.11 Å². The predicted octanol–water partition coefficient (Wildman–Crippen LogP) is 1.54. The minimum Gasteiger partial charge on any atom is -0.289 e. The van der Waals surface area contributed by atoms with Crippen LogP contribution in [-0.2, 0) is 5.11 Å². The van der Waals surface area contributed by atoms with E-state index in [1.165, 1.54) is 0 Å². The minimum absolute atomic E-state index is 0.532. The maximum absolute atomic E-state index is 10.8. The largest absolute Gasteiger partial charge is 0.289 e. The van der Waals surface area contributed by atoms with Crippen molar-refractivity contribution in [1.82, 2.24) is 5.32 Å². The van der Waals surface area contributed by atoms with Gasteiger partial charge in [-0.3, -0.25) is 5.32 Å². The Balaban J connectivity index is 2.95. The normalized spacial score (nSPS) is 13.7. The predicted molar refractivity (Wildman–Crippen MR) is 37.7 cm³/mol. The second-order valence-electron chi connectivity index (χ2n) is 2.23. The van der Waals surface area contributed by atoms with Crippen LogP contribution in [-0.4, -0.2) is 12.8 Å². The topological polar surface area (TPSA) is 31.9 Å². The standard InChI is InChI=1S/C7H16NO/c1-3-5-7(9)8-6-4-2/h7-8H,3-6H2,1-2H3. The summed E-state index contributed by atoms with van der Waals surface area (Å²) in [6.45, 7) is 4.94. The monoisotopic (exact) mass is 130 g/mol. The van der Waals surface area contributed by atoms with Gasteiger partial charge in [0.2, 0.25) is 0 Å². The molecular weight excluding hydrogens is 114 g/mol. The van der Waals surface area contributed by atoms with Gasteiger partial charge in [-0.25, -0.2) is 5.11 Å². The Labute approximate surface area is 57.3 Å². The van der Waals surface area contributed by atoms with Gasteiger partial charge in [0, 0.05) is 0 Å². The SMILES string of the molecule is CCCNC([O])CCC. The lowest BCUT2D eigenvalue weighted by molar-refractivity contribution is 0.0514. The molecule has 9 heavy (non-hydrogen) atoms. The van der Waals surface area contributed by atoms with Crippen LogP contribution >= 0.6 is 0 Å². The molecule has 1 N–H and O–H groups in total. The summed E-state index contributed by atoms with van der Waals surface area (Å²) in [5.74, 6) is 0. The fourth-order valence-corrected chi connectivity index (χ4v) is 0.670. The van der Waals surface area contributed by atoms with Crippen LogP contribution in [0.1, 0.15) is 33.1 Å². The highest BCUT2D eigenvalue weighted by atomic mass is 16.3. The van der Waals surface area contributed by atoms with Crippen molar-refractivity contribution in [3.8, 4) is 0 Å². The van der Waals surface area contributed by atoms with Gasteiger partial charge in [0.25, 0.3) is 0 Å². The van der Waals surface area contributed by atoms with Crippen LogP contribution in [0, 0.1) is 0 Å². The Morgan fingerprint density at radius 3 is 2.44 bits per heavy atom. The summed E-state index contributed by atoms with van der Waals surface area (Å²) in [7, 11) is 0. The molecule has 0 saturated carbocycles. The average Bonchev–Trinajstić information content (AvgIpc) is 1.85. The summed E-state index contributed by atoms with van der Waals surface area (Å²) in [5, 5.41) is 13.7. The second-order valence-corrected chi connectivity index (χ2v) is 2.23. The van der Waals surface area contributed by atoms with E-state index in [9.17, 15) is 5.11 Å². The summed E-state index contributed by atoms with van der Waals surface area (Å²) in [6.07, 6.45) is 2.24. The molecule has 0 aromatic heterocycles. The first-order valence-electron chi connectivity index (χ1n) is 3.70. The summed E-state index contributed by atoms with van der Waals surface area (Å²) in [6, 6.07) is 0. The molecule has 0 spiro atoms. The molecule has 1 atom stereocenters. The van der Waals surface area contributed by atoms with E-state index in [-0.39, 0.29) is 0 Å². The molecule has 0 aromatic carbocycles. The smallest absolute Gasteiger partial charge is 0.143 e. The molecule has 2 heteroatoms. The maximum Gasteiger partial charge on any atom is 0.143 e. The summed E-state index contributed by atoms with van der Waals surface area (Å²) < 4.78 is 0. The zero-order valence-electron chi connectivity index (χ0n) is 6.31. The van der Waals surface area contributed by atoms with E-state index in [4.69, 9.17) is 0 Å². The highest BCUT2D eigenvalue weighted by Gasteiger charge is 1.99. The van der Waals surface area contributed by atoms with Crippen molar-refractivity contribution >= 4 is 0 Å². The molecule has 0 heterocycles. The molecular formula is C7H16NO. The van der Waals surface area contributed by atoms with E-state index in [1.54, 1.807) is 0 Å². The lowest BCUT2D eigenvalue weighted by Crippen LogP contribution is -2.27. The Bertz CT molecular complexity index is 56.9. The maximum atomic E-state index is 10.8. The third-order valence-corrected chi connectivity index (χ3v) is 1.17. The number of rotatable bonds is 5. The van der Waals surface area contributed by atoms with E-state index in [0.29, 0.717) is 0 Å². The van der Waals surface area contributed by atoms with E-state index >= 15 is 0 Å². The first-order valence-corrected chi connectivity index (χ1v) is 3.70. The highest BCUT2D eigenvalue weighted by molar-refractivity contribution is 4.49. The fraction of sp³-hybridized carbons (Fsp3) is 1.00. The molecule has 2 nitrogen and oxygen atoms in total. The Hall–Kier alpha value is -0.0800. The lowest BCUT2D eigenvalue weighted by atomic mass is 10.3. The Morgan fingerprint density at radius 1 is 1.33 bits per heavy atom. The van der Waals surface area contributed by atoms with Crippen molar-refractivity contribution in [2.24, 2.45) is 0 Å². The highest BCUT2D eigenvalue weighted by Crippen LogP contribution is 1.91. The molecule has 0 rings (SSSR count). The average molecular weight is 130 g/mol. The third kappa shape index (κ3) is 5.80. The summed E-state index contributed by atoms with van der Waals surface area (Å²) in [4.78, 5) is 0. The molecule has 0 bridgehead atoms. The van der Waals surface area contributed by atoms with Gasteiger partial charge < -0.3 is 0 Å². The van der Waals surface area contributed by atoms with Gasteiger partial charge in [0.15, 0.2) is 0 Å².